The number of ether oxygens (including phenoxy) is 1. The van der Waals surface area contributed by atoms with Crippen molar-refractivity contribution >= 4 is 0 Å². The van der Waals surface area contributed by atoms with Gasteiger partial charge in [0.15, 0.2) is 0 Å². The van der Waals surface area contributed by atoms with Gasteiger partial charge < -0.3 is 13.7 Å². The van der Waals surface area contributed by atoms with Crippen LogP contribution in [0, 0.1) is 13.8 Å². The van der Waals surface area contributed by atoms with E-state index < -0.39 is 0 Å². The minimum atomic E-state index is -0.121. The molecule has 0 aliphatic rings. The van der Waals surface area contributed by atoms with Crippen LogP contribution in [0.15, 0.2) is 33.2 Å². The number of hydrogen-bond donors (Lipinski definition) is 1. The van der Waals surface area contributed by atoms with Crippen LogP contribution in [0.4, 0.5) is 0 Å². The maximum atomic E-state index is 5.55. The van der Waals surface area contributed by atoms with Crippen molar-refractivity contribution in [3.63, 3.8) is 0 Å². The van der Waals surface area contributed by atoms with Crippen LogP contribution in [-0.4, -0.2) is 22.2 Å². The number of rotatable bonds is 6. The summed E-state index contributed by atoms with van der Waals surface area (Å²) in [5.41, 5.74) is 1.74. The van der Waals surface area contributed by atoms with Gasteiger partial charge in [0, 0.05) is 5.56 Å². The standard InChI is InChI=1S/C17H20N4O3/c1-10-12(3)23-15(19-10)9-18-11(2)17-20-16(21-24-17)13-6-5-7-14(8-13)22-4/h5-8,11,18H,9H2,1-4H3/t11-/m0/s1. The smallest absolute Gasteiger partial charge is 0.243 e. The highest BCUT2D eigenvalue weighted by Gasteiger charge is 2.16. The van der Waals surface area contributed by atoms with Crippen LogP contribution in [-0.2, 0) is 6.54 Å². The molecule has 0 radical (unpaired) electrons. The Morgan fingerprint density at radius 1 is 1.25 bits per heavy atom. The maximum Gasteiger partial charge on any atom is 0.243 e. The number of nitrogens with zero attached hydrogens (tertiary/aromatic N) is 3. The van der Waals surface area contributed by atoms with Crippen LogP contribution in [0.2, 0.25) is 0 Å². The summed E-state index contributed by atoms with van der Waals surface area (Å²) < 4.78 is 16.1. The van der Waals surface area contributed by atoms with Gasteiger partial charge in [-0.15, -0.1) is 0 Å². The molecule has 0 saturated carbocycles. The van der Waals surface area contributed by atoms with Gasteiger partial charge in [-0.3, -0.25) is 5.32 Å². The lowest BCUT2D eigenvalue weighted by Gasteiger charge is -2.06. The summed E-state index contributed by atoms with van der Waals surface area (Å²) >= 11 is 0. The zero-order chi connectivity index (χ0) is 17.1. The number of hydrogen-bond acceptors (Lipinski definition) is 7. The van der Waals surface area contributed by atoms with Gasteiger partial charge >= 0.3 is 0 Å². The number of oxazole rings is 1. The first-order valence-electron chi connectivity index (χ1n) is 7.71. The van der Waals surface area contributed by atoms with Crippen molar-refractivity contribution in [2.24, 2.45) is 0 Å². The van der Waals surface area contributed by atoms with E-state index in [1.54, 1.807) is 7.11 Å². The zero-order valence-electron chi connectivity index (χ0n) is 14.2. The van der Waals surface area contributed by atoms with E-state index in [0.29, 0.717) is 24.2 Å². The molecule has 1 atom stereocenters. The predicted octanol–water partition coefficient (Wildman–Crippen LogP) is 3.20. The normalized spacial score (nSPS) is 12.3. The zero-order valence-corrected chi connectivity index (χ0v) is 14.2. The highest BCUT2D eigenvalue weighted by Crippen LogP contribution is 2.22. The Bertz CT molecular complexity index is 805. The second-order valence-corrected chi connectivity index (χ2v) is 5.54. The molecule has 0 bridgehead atoms. The highest BCUT2D eigenvalue weighted by atomic mass is 16.5. The van der Waals surface area contributed by atoms with E-state index in [4.69, 9.17) is 13.7 Å². The van der Waals surface area contributed by atoms with E-state index in [9.17, 15) is 0 Å². The van der Waals surface area contributed by atoms with Gasteiger partial charge in [0.05, 0.1) is 25.4 Å². The second kappa shape index (κ2) is 6.84. The lowest BCUT2D eigenvalue weighted by Crippen LogP contribution is -2.18. The Labute approximate surface area is 140 Å². The molecule has 0 fully saturated rings. The molecule has 1 aromatic carbocycles. The number of aryl methyl sites for hydroxylation is 2. The Morgan fingerprint density at radius 2 is 2.08 bits per heavy atom. The summed E-state index contributed by atoms with van der Waals surface area (Å²) in [7, 11) is 1.62. The van der Waals surface area contributed by atoms with Crippen molar-refractivity contribution < 1.29 is 13.7 Å². The van der Waals surface area contributed by atoms with E-state index in [1.165, 1.54) is 0 Å². The molecule has 3 aromatic rings. The molecule has 7 nitrogen and oxygen atoms in total. The predicted molar refractivity (Wildman–Crippen MR) is 87.5 cm³/mol. The first-order chi connectivity index (χ1) is 11.6. The molecule has 7 heteroatoms. The van der Waals surface area contributed by atoms with Gasteiger partial charge in [0.2, 0.25) is 17.6 Å². The summed E-state index contributed by atoms with van der Waals surface area (Å²) in [6.07, 6.45) is 0. The lowest BCUT2D eigenvalue weighted by molar-refractivity contribution is 0.331. The van der Waals surface area contributed by atoms with Crippen LogP contribution in [0.3, 0.4) is 0 Å². The number of nitrogens with one attached hydrogen (secondary N) is 1. The van der Waals surface area contributed by atoms with Crippen LogP contribution < -0.4 is 10.1 Å². The second-order valence-electron chi connectivity index (χ2n) is 5.54. The lowest BCUT2D eigenvalue weighted by atomic mass is 10.2. The Kier molecular flexibility index (Phi) is 4.61. The number of methoxy groups -OCH3 is 1. The summed E-state index contributed by atoms with van der Waals surface area (Å²) in [6.45, 7) is 6.26. The molecular formula is C17H20N4O3. The average Bonchev–Trinajstić information content (AvgIpc) is 3.20. The molecule has 0 amide bonds. The first-order valence-corrected chi connectivity index (χ1v) is 7.71. The molecule has 0 aliphatic heterocycles. The van der Waals surface area contributed by atoms with Crippen molar-refractivity contribution in [3.8, 4) is 17.1 Å². The molecule has 3 rings (SSSR count). The fourth-order valence-electron chi connectivity index (χ4n) is 2.23. The first kappa shape index (κ1) is 16.2. The average molecular weight is 328 g/mol. The van der Waals surface area contributed by atoms with Crippen molar-refractivity contribution in [2.75, 3.05) is 7.11 Å². The van der Waals surface area contributed by atoms with Crippen molar-refractivity contribution in [1.29, 1.82) is 0 Å². The summed E-state index contributed by atoms with van der Waals surface area (Å²) in [4.78, 5) is 8.78. The largest absolute Gasteiger partial charge is 0.497 e. The van der Waals surface area contributed by atoms with Crippen molar-refractivity contribution in [2.45, 2.75) is 33.4 Å². The van der Waals surface area contributed by atoms with Gasteiger partial charge in [0.1, 0.15) is 11.5 Å². The maximum absolute atomic E-state index is 5.55. The molecule has 126 valence electrons. The third-order valence-electron chi connectivity index (χ3n) is 3.77. The van der Waals surface area contributed by atoms with Gasteiger partial charge in [-0.1, -0.05) is 17.3 Å². The van der Waals surface area contributed by atoms with E-state index in [0.717, 1.165) is 22.8 Å². The molecule has 0 spiro atoms. The summed E-state index contributed by atoms with van der Waals surface area (Å²) in [5.74, 6) is 3.26. The summed E-state index contributed by atoms with van der Waals surface area (Å²) in [6, 6.07) is 7.41. The monoisotopic (exact) mass is 328 g/mol. The topological polar surface area (TPSA) is 86.2 Å². The molecule has 1 N–H and O–H groups in total. The van der Waals surface area contributed by atoms with Crippen LogP contribution in [0.25, 0.3) is 11.4 Å². The Morgan fingerprint density at radius 3 is 2.79 bits per heavy atom. The van der Waals surface area contributed by atoms with E-state index >= 15 is 0 Å². The van der Waals surface area contributed by atoms with E-state index in [2.05, 4.69) is 20.4 Å². The van der Waals surface area contributed by atoms with E-state index in [1.807, 2.05) is 45.0 Å². The molecule has 24 heavy (non-hydrogen) atoms. The highest BCUT2D eigenvalue weighted by molar-refractivity contribution is 5.56. The van der Waals surface area contributed by atoms with Crippen molar-refractivity contribution in [1.82, 2.24) is 20.4 Å². The van der Waals surface area contributed by atoms with Crippen LogP contribution in [0.5, 0.6) is 5.75 Å². The summed E-state index contributed by atoms with van der Waals surface area (Å²) in [5, 5.41) is 7.30. The van der Waals surface area contributed by atoms with Gasteiger partial charge in [-0.25, -0.2) is 4.98 Å². The molecular weight excluding hydrogens is 308 g/mol. The number of benzene rings is 1. The quantitative estimate of drug-likeness (QED) is 0.743. The molecule has 2 aromatic heterocycles. The van der Waals surface area contributed by atoms with Gasteiger partial charge in [0.25, 0.3) is 0 Å². The minimum Gasteiger partial charge on any atom is -0.497 e. The van der Waals surface area contributed by atoms with E-state index in [-0.39, 0.29) is 6.04 Å². The van der Waals surface area contributed by atoms with Gasteiger partial charge in [-0.2, -0.15) is 4.98 Å². The third kappa shape index (κ3) is 3.46. The molecule has 0 aliphatic carbocycles. The third-order valence-corrected chi connectivity index (χ3v) is 3.77. The Hall–Kier alpha value is -2.67. The molecule has 2 heterocycles. The fourth-order valence-corrected chi connectivity index (χ4v) is 2.23. The molecule has 0 unspecified atom stereocenters. The minimum absolute atomic E-state index is 0.121. The Balaban J connectivity index is 1.67. The number of aromatic nitrogens is 3. The SMILES string of the molecule is COc1cccc(-c2noc([C@H](C)NCc3nc(C)c(C)o3)n2)c1. The van der Waals surface area contributed by atoms with Crippen LogP contribution >= 0.6 is 0 Å². The van der Waals surface area contributed by atoms with Gasteiger partial charge in [-0.05, 0) is 32.9 Å². The fraction of sp³-hybridized carbons (Fsp3) is 0.353. The van der Waals surface area contributed by atoms with Crippen molar-refractivity contribution in [3.05, 3.63) is 47.5 Å². The van der Waals surface area contributed by atoms with Crippen LogP contribution in [0.1, 0.15) is 36.2 Å². The molecule has 0 saturated heterocycles.